The number of benzene rings is 1. The van der Waals surface area contributed by atoms with E-state index in [0.29, 0.717) is 21.2 Å². The van der Waals surface area contributed by atoms with Crippen LogP contribution in [0.1, 0.15) is 15.9 Å². The Hall–Kier alpha value is -4.89. The number of nitrogens with zero attached hydrogens (tertiary/aromatic N) is 5. The number of methoxy groups -OCH3 is 1. The summed E-state index contributed by atoms with van der Waals surface area (Å²) in [4.78, 5) is 38.6. The molecule has 15 heteroatoms. The van der Waals surface area contributed by atoms with Gasteiger partial charge in [0.2, 0.25) is 16.7 Å². The van der Waals surface area contributed by atoms with Gasteiger partial charge in [0.25, 0.3) is 15.9 Å². The fourth-order valence-electron chi connectivity index (χ4n) is 4.07. The second-order valence-corrected chi connectivity index (χ2v) is 11.3. The van der Waals surface area contributed by atoms with Crippen molar-refractivity contribution >= 4 is 43.8 Å². The van der Waals surface area contributed by atoms with Crippen molar-refractivity contribution in [3.05, 3.63) is 72.3 Å². The standard InChI is InChI=1S/C25H20N8O5S2/c1-38-23-19-7-17(11-29-23)24-31-33-20(12-30-25(33)39-24)16-5-14(8-26-10-16)9-27-21(34)13-28-22(35)15-3-2-4-18(6-15)40(36,37)32-19/h2-8,10-12,32H,9,13H2,1H3,(H,27,34)(H,28,35). The molecule has 0 atom stereocenters. The highest BCUT2D eigenvalue weighted by atomic mass is 32.2. The molecule has 0 saturated heterocycles. The van der Waals surface area contributed by atoms with Crippen LogP contribution in [0, 0.1) is 0 Å². The Morgan fingerprint density at radius 2 is 1.82 bits per heavy atom. The maximum atomic E-state index is 13.3. The third-order valence-corrected chi connectivity index (χ3v) is 8.35. The molecule has 1 aromatic carbocycles. The van der Waals surface area contributed by atoms with Crippen molar-refractivity contribution < 1.29 is 22.7 Å². The monoisotopic (exact) mass is 576 g/mol. The van der Waals surface area contributed by atoms with Crippen LogP contribution in [0.4, 0.5) is 5.69 Å². The van der Waals surface area contributed by atoms with E-state index in [1.165, 1.54) is 48.9 Å². The number of nitrogens with one attached hydrogen (secondary N) is 3. The molecule has 4 aromatic heterocycles. The number of carbonyl (C=O) groups is 2. The number of amides is 2. The first-order chi connectivity index (χ1) is 19.3. The number of imidazole rings is 1. The molecule has 1 aliphatic rings. The van der Waals surface area contributed by atoms with Crippen LogP contribution in [0.3, 0.4) is 0 Å². The van der Waals surface area contributed by atoms with Crippen LogP contribution in [-0.2, 0) is 21.4 Å². The van der Waals surface area contributed by atoms with E-state index in [2.05, 4.69) is 35.4 Å². The van der Waals surface area contributed by atoms with Gasteiger partial charge in [-0.15, -0.1) is 0 Å². The van der Waals surface area contributed by atoms with Gasteiger partial charge in [-0.2, -0.15) is 5.10 Å². The Morgan fingerprint density at radius 1 is 0.950 bits per heavy atom. The summed E-state index contributed by atoms with van der Waals surface area (Å²) in [5, 5.41) is 10.5. The van der Waals surface area contributed by atoms with E-state index in [4.69, 9.17) is 4.74 Å². The first-order valence-electron chi connectivity index (χ1n) is 11.8. The number of hydrogen-bond donors (Lipinski definition) is 3. The minimum Gasteiger partial charge on any atom is -0.480 e. The van der Waals surface area contributed by atoms with Crippen LogP contribution in [0.25, 0.3) is 26.8 Å². The molecule has 0 saturated carbocycles. The largest absolute Gasteiger partial charge is 0.480 e. The molecule has 202 valence electrons. The van der Waals surface area contributed by atoms with Gasteiger partial charge in [0, 0.05) is 41.8 Å². The van der Waals surface area contributed by atoms with E-state index in [1.807, 2.05) is 6.07 Å². The van der Waals surface area contributed by atoms with Crippen LogP contribution in [0.15, 0.2) is 66.1 Å². The summed E-state index contributed by atoms with van der Waals surface area (Å²) in [6.45, 7) is -0.124. The van der Waals surface area contributed by atoms with Crippen LogP contribution < -0.4 is 20.1 Å². The average Bonchev–Trinajstić information content (AvgIpc) is 3.56. The topological polar surface area (TPSA) is 170 Å². The number of ether oxygens (including phenoxy) is 1. The van der Waals surface area contributed by atoms with E-state index >= 15 is 0 Å². The third kappa shape index (κ3) is 4.83. The molecular formula is C25H20N8O5S2. The summed E-state index contributed by atoms with van der Waals surface area (Å²) in [6, 6.07) is 8.90. The Balaban J connectivity index is 1.47. The molecule has 0 aliphatic carbocycles. The zero-order valence-electron chi connectivity index (χ0n) is 20.8. The van der Waals surface area contributed by atoms with Crippen molar-refractivity contribution in [3.63, 3.8) is 0 Å². The highest BCUT2D eigenvalue weighted by Gasteiger charge is 2.21. The minimum absolute atomic E-state index is 0.0514. The van der Waals surface area contributed by atoms with Gasteiger partial charge in [-0.25, -0.2) is 22.9 Å². The van der Waals surface area contributed by atoms with E-state index in [9.17, 15) is 18.0 Å². The molecule has 0 unspecified atom stereocenters. The van der Waals surface area contributed by atoms with Crippen molar-refractivity contribution in [1.29, 1.82) is 0 Å². The highest BCUT2D eigenvalue weighted by molar-refractivity contribution is 7.92. The molecule has 3 N–H and O–H groups in total. The molecular weight excluding hydrogens is 556 g/mol. The Morgan fingerprint density at radius 3 is 2.67 bits per heavy atom. The molecule has 2 amide bonds. The fraction of sp³-hybridized carbons (Fsp3) is 0.120. The smallest absolute Gasteiger partial charge is 0.262 e. The fourth-order valence-corrected chi connectivity index (χ4v) is 6.02. The lowest BCUT2D eigenvalue weighted by atomic mass is 10.1. The summed E-state index contributed by atoms with van der Waals surface area (Å²) in [5.41, 5.74) is 2.84. The minimum atomic E-state index is -4.16. The van der Waals surface area contributed by atoms with Crippen molar-refractivity contribution in [3.8, 4) is 27.7 Å². The first kappa shape index (κ1) is 25.4. The van der Waals surface area contributed by atoms with Crippen LogP contribution in [0.5, 0.6) is 5.88 Å². The van der Waals surface area contributed by atoms with Crippen molar-refractivity contribution in [1.82, 2.24) is 35.2 Å². The number of fused-ring (bicyclic) bond motifs is 9. The summed E-state index contributed by atoms with van der Waals surface area (Å²) in [7, 11) is -2.78. The first-order valence-corrected chi connectivity index (χ1v) is 14.1. The molecule has 8 bridgehead atoms. The van der Waals surface area contributed by atoms with Crippen LogP contribution >= 0.6 is 11.3 Å². The van der Waals surface area contributed by atoms with E-state index in [0.717, 1.165) is 11.1 Å². The summed E-state index contributed by atoms with van der Waals surface area (Å²) in [6.07, 6.45) is 6.50. The zero-order valence-corrected chi connectivity index (χ0v) is 22.4. The summed E-state index contributed by atoms with van der Waals surface area (Å²) >= 11 is 1.29. The van der Waals surface area contributed by atoms with E-state index in [-0.39, 0.29) is 35.1 Å². The van der Waals surface area contributed by atoms with Gasteiger partial charge >= 0.3 is 0 Å². The Labute approximate surface area is 231 Å². The molecule has 0 radical (unpaired) electrons. The number of rotatable bonds is 1. The van der Waals surface area contributed by atoms with Crippen LogP contribution in [-0.4, -0.2) is 58.5 Å². The van der Waals surface area contributed by atoms with E-state index in [1.54, 1.807) is 29.2 Å². The summed E-state index contributed by atoms with van der Waals surface area (Å²) < 4.78 is 36.0. The molecule has 5 aromatic rings. The maximum Gasteiger partial charge on any atom is 0.262 e. The SMILES string of the molecule is COc1ncc2cc1NS(=O)(=O)c1cccc(c1)C(=O)NCC(=O)NCc1cncc(c1)-c1cnc3sc-2nn13. The normalized spacial score (nSPS) is 15.0. The van der Waals surface area contributed by atoms with Gasteiger partial charge < -0.3 is 15.4 Å². The number of carbonyl (C=O) groups excluding carboxylic acids is 2. The predicted molar refractivity (Wildman–Crippen MR) is 145 cm³/mol. The second-order valence-electron chi connectivity index (χ2n) is 8.70. The number of hydrogen-bond acceptors (Lipinski definition) is 10. The molecule has 13 nitrogen and oxygen atoms in total. The van der Waals surface area contributed by atoms with E-state index < -0.39 is 21.8 Å². The van der Waals surface area contributed by atoms with Crippen molar-refractivity contribution in [2.45, 2.75) is 11.4 Å². The van der Waals surface area contributed by atoms with Gasteiger partial charge in [-0.05, 0) is 35.9 Å². The maximum absolute atomic E-state index is 13.3. The van der Waals surface area contributed by atoms with Gasteiger partial charge in [0.15, 0.2) is 0 Å². The molecule has 40 heavy (non-hydrogen) atoms. The van der Waals surface area contributed by atoms with Gasteiger partial charge in [0.1, 0.15) is 10.7 Å². The molecule has 1 aliphatic heterocycles. The van der Waals surface area contributed by atoms with Gasteiger partial charge in [-0.3, -0.25) is 19.3 Å². The second kappa shape index (κ2) is 10.0. The number of aromatic nitrogens is 5. The molecule has 0 fully saturated rings. The molecule has 5 heterocycles. The Kier molecular flexibility index (Phi) is 6.36. The zero-order chi connectivity index (χ0) is 27.9. The number of anilines is 1. The third-order valence-electron chi connectivity index (χ3n) is 6.02. The number of pyridine rings is 2. The summed E-state index contributed by atoms with van der Waals surface area (Å²) in [5.74, 6) is -0.979. The Bertz CT molecular complexity index is 1900. The van der Waals surface area contributed by atoms with Crippen LogP contribution in [0.2, 0.25) is 0 Å². The van der Waals surface area contributed by atoms with Gasteiger partial charge in [-0.1, -0.05) is 17.4 Å². The average molecular weight is 577 g/mol. The lowest BCUT2D eigenvalue weighted by molar-refractivity contribution is -0.120. The molecule has 6 rings (SSSR count). The quantitative estimate of drug-likeness (QED) is 0.270. The number of sulfonamides is 1. The lowest BCUT2D eigenvalue weighted by Crippen LogP contribution is -2.36. The predicted octanol–water partition coefficient (Wildman–Crippen LogP) is 2.08. The van der Waals surface area contributed by atoms with Crippen molar-refractivity contribution in [2.75, 3.05) is 18.4 Å². The lowest BCUT2D eigenvalue weighted by Gasteiger charge is -2.13. The van der Waals surface area contributed by atoms with Crippen molar-refractivity contribution in [2.24, 2.45) is 0 Å². The van der Waals surface area contributed by atoms with Gasteiger partial charge in [0.05, 0.1) is 30.4 Å². The molecule has 0 spiro atoms. The highest BCUT2D eigenvalue weighted by Crippen LogP contribution is 2.33.